The molecule has 0 N–H and O–H groups in total. The van der Waals surface area contributed by atoms with Gasteiger partial charge < -0.3 is 14.4 Å². The molecule has 0 aromatic rings. The summed E-state index contributed by atoms with van der Waals surface area (Å²) in [6, 6.07) is -0.592. The first-order chi connectivity index (χ1) is 12.1. The molecule has 1 saturated heterocycles. The molecule has 0 radical (unpaired) electrons. The summed E-state index contributed by atoms with van der Waals surface area (Å²) in [6.45, 7) is 4.24. The highest BCUT2D eigenvalue weighted by Crippen LogP contribution is 2.20. The Morgan fingerprint density at radius 3 is 2.00 bits per heavy atom. The third kappa shape index (κ3) is 8.21. The van der Waals surface area contributed by atoms with E-state index in [-0.39, 0.29) is 18.7 Å². The molecule has 1 rings (SSSR count). The Bertz CT molecular complexity index is 386. The summed E-state index contributed by atoms with van der Waals surface area (Å²) in [5, 5.41) is 0. The van der Waals surface area contributed by atoms with Crippen molar-refractivity contribution in [1.29, 1.82) is 0 Å². The quantitative estimate of drug-likeness (QED) is 0.362. The van der Waals surface area contributed by atoms with E-state index in [4.69, 9.17) is 9.47 Å². The SMILES string of the molecule is CCCCCCCCCCCCCC(=O)N1CO[C@H](C)[C@H]1C(=O)OC. The highest BCUT2D eigenvalue weighted by Gasteiger charge is 2.40. The van der Waals surface area contributed by atoms with Gasteiger partial charge in [-0.1, -0.05) is 71.1 Å². The smallest absolute Gasteiger partial charge is 0.331 e. The van der Waals surface area contributed by atoms with Crippen molar-refractivity contribution in [3.8, 4) is 0 Å². The molecule has 1 amide bonds. The lowest BCUT2D eigenvalue weighted by Gasteiger charge is -2.22. The number of hydrogen-bond donors (Lipinski definition) is 0. The van der Waals surface area contributed by atoms with Crippen LogP contribution in [-0.2, 0) is 19.1 Å². The van der Waals surface area contributed by atoms with E-state index in [0.29, 0.717) is 6.42 Å². The summed E-state index contributed by atoms with van der Waals surface area (Å²) < 4.78 is 10.2. The molecule has 0 bridgehead atoms. The second-order valence-electron chi connectivity index (χ2n) is 7.12. The number of methoxy groups -OCH3 is 1. The fourth-order valence-corrected chi connectivity index (χ4v) is 3.37. The number of esters is 1. The molecule has 146 valence electrons. The van der Waals surface area contributed by atoms with Gasteiger partial charge in [0.1, 0.15) is 6.73 Å². The van der Waals surface area contributed by atoms with E-state index < -0.39 is 12.0 Å². The second-order valence-corrected chi connectivity index (χ2v) is 7.12. The summed E-state index contributed by atoms with van der Waals surface area (Å²) in [7, 11) is 1.35. The van der Waals surface area contributed by atoms with Crippen molar-refractivity contribution < 1.29 is 19.1 Å². The average Bonchev–Trinajstić information content (AvgIpc) is 3.00. The van der Waals surface area contributed by atoms with Crippen molar-refractivity contribution in [2.24, 2.45) is 0 Å². The minimum absolute atomic E-state index is 0.00401. The van der Waals surface area contributed by atoms with Crippen LogP contribution in [0.1, 0.15) is 90.9 Å². The number of carbonyl (C=O) groups is 2. The van der Waals surface area contributed by atoms with Gasteiger partial charge in [0.25, 0.3) is 0 Å². The monoisotopic (exact) mass is 355 g/mol. The maximum absolute atomic E-state index is 12.3. The Morgan fingerprint density at radius 2 is 1.48 bits per heavy atom. The van der Waals surface area contributed by atoms with E-state index >= 15 is 0 Å². The third-order valence-electron chi connectivity index (χ3n) is 5.01. The molecule has 0 aromatic heterocycles. The van der Waals surface area contributed by atoms with Crippen molar-refractivity contribution in [2.75, 3.05) is 13.8 Å². The average molecular weight is 356 g/mol. The predicted octanol–water partition coefficient (Wildman–Crippen LogP) is 4.43. The van der Waals surface area contributed by atoms with Crippen molar-refractivity contribution in [2.45, 2.75) is 103 Å². The van der Waals surface area contributed by atoms with Crippen molar-refractivity contribution in [1.82, 2.24) is 4.90 Å². The van der Waals surface area contributed by atoms with Crippen LogP contribution in [0.2, 0.25) is 0 Å². The van der Waals surface area contributed by atoms with Crippen LogP contribution in [0.4, 0.5) is 0 Å². The highest BCUT2D eigenvalue weighted by molar-refractivity contribution is 5.85. The molecule has 1 fully saturated rings. The normalized spacial score (nSPS) is 20.0. The zero-order valence-corrected chi connectivity index (χ0v) is 16.4. The van der Waals surface area contributed by atoms with Gasteiger partial charge in [-0.25, -0.2) is 4.79 Å². The van der Waals surface area contributed by atoms with Crippen molar-refractivity contribution in [3.05, 3.63) is 0 Å². The molecule has 1 heterocycles. The van der Waals surface area contributed by atoms with Crippen LogP contribution in [0.3, 0.4) is 0 Å². The number of rotatable bonds is 13. The fourth-order valence-electron chi connectivity index (χ4n) is 3.37. The predicted molar refractivity (Wildman–Crippen MR) is 99.1 cm³/mol. The van der Waals surface area contributed by atoms with Crippen LogP contribution in [0, 0.1) is 0 Å². The molecule has 5 nitrogen and oxygen atoms in total. The standard InChI is InChI=1S/C20H37NO4/c1-4-5-6-7-8-9-10-11-12-13-14-15-18(22)21-16-25-17(2)19(21)20(23)24-3/h17,19H,4-16H2,1-3H3/t17-,19+/m1/s1. The summed E-state index contributed by atoms with van der Waals surface area (Å²) in [6.07, 6.45) is 14.0. The number of carbonyl (C=O) groups excluding carboxylic acids is 2. The molecular formula is C20H37NO4. The number of amides is 1. The van der Waals surface area contributed by atoms with E-state index in [1.54, 1.807) is 6.92 Å². The Balaban J connectivity index is 2.06. The molecule has 0 spiro atoms. The number of unbranched alkanes of at least 4 members (excludes halogenated alkanes) is 10. The Morgan fingerprint density at radius 1 is 0.960 bits per heavy atom. The topological polar surface area (TPSA) is 55.8 Å². The molecule has 0 aliphatic carbocycles. The number of hydrogen-bond acceptors (Lipinski definition) is 4. The van der Waals surface area contributed by atoms with Crippen LogP contribution < -0.4 is 0 Å². The Labute approximate surface area is 153 Å². The molecular weight excluding hydrogens is 318 g/mol. The Hall–Kier alpha value is -1.10. The van der Waals surface area contributed by atoms with Gasteiger partial charge in [0.15, 0.2) is 6.04 Å². The zero-order chi connectivity index (χ0) is 18.5. The van der Waals surface area contributed by atoms with Crippen LogP contribution >= 0.6 is 0 Å². The summed E-state index contributed by atoms with van der Waals surface area (Å²) in [5.74, 6) is -0.395. The highest BCUT2D eigenvalue weighted by atomic mass is 16.5. The second kappa shape index (κ2) is 13.2. The van der Waals surface area contributed by atoms with E-state index in [9.17, 15) is 9.59 Å². The van der Waals surface area contributed by atoms with Crippen LogP contribution in [0.15, 0.2) is 0 Å². The fraction of sp³-hybridized carbons (Fsp3) is 0.900. The molecule has 0 aromatic carbocycles. The molecule has 5 heteroatoms. The van der Waals surface area contributed by atoms with Gasteiger partial charge in [-0.3, -0.25) is 4.79 Å². The lowest BCUT2D eigenvalue weighted by molar-refractivity contribution is -0.151. The van der Waals surface area contributed by atoms with Gasteiger partial charge in [-0.2, -0.15) is 0 Å². The molecule has 0 saturated carbocycles. The van der Waals surface area contributed by atoms with Gasteiger partial charge >= 0.3 is 5.97 Å². The maximum atomic E-state index is 12.3. The number of ether oxygens (including phenoxy) is 2. The summed E-state index contributed by atoms with van der Waals surface area (Å²) in [5.41, 5.74) is 0. The van der Waals surface area contributed by atoms with Gasteiger partial charge in [0, 0.05) is 6.42 Å². The van der Waals surface area contributed by atoms with Gasteiger partial charge in [-0.05, 0) is 13.3 Å². The minimum atomic E-state index is -0.592. The number of nitrogens with zero attached hydrogens (tertiary/aromatic N) is 1. The van der Waals surface area contributed by atoms with Crippen molar-refractivity contribution in [3.63, 3.8) is 0 Å². The van der Waals surface area contributed by atoms with Crippen LogP contribution in [-0.4, -0.2) is 42.8 Å². The van der Waals surface area contributed by atoms with E-state index in [1.165, 1.54) is 69.8 Å². The van der Waals surface area contributed by atoms with Crippen LogP contribution in [0.25, 0.3) is 0 Å². The Kier molecular flexibility index (Phi) is 11.5. The first-order valence-electron chi connectivity index (χ1n) is 10.1. The lowest BCUT2D eigenvalue weighted by Crippen LogP contribution is -2.44. The largest absolute Gasteiger partial charge is 0.467 e. The first kappa shape index (κ1) is 21.9. The van der Waals surface area contributed by atoms with Gasteiger partial charge in [0.05, 0.1) is 13.2 Å². The zero-order valence-electron chi connectivity index (χ0n) is 16.4. The molecule has 25 heavy (non-hydrogen) atoms. The first-order valence-corrected chi connectivity index (χ1v) is 10.1. The van der Waals surface area contributed by atoms with Gasteiger partial charge in [0.2, 0.25) is 5.91 Å². The van der Waals surface area contributed by atoms with Crippen LogP contribution in [0.5, 0.6) is 0 Å². The van der Waals surface area contributed by atoms with E-state index in [0.717, 1.165) is 12.8 Å². The maximum Gasteiger partial charge on any atom is 0.331 e. The summed E-state index contributed by atoms with van der Waals surface area (Å²) >= 11 is 0. The molecule has 1 aliphatic rings. The van der Waals surface area contributed by atoms with E-state index in [2.05, 4.69) is 6.92 Å². The van der Waals surface area contributed by atoms with Gasteiger partial charge in [-0.15, -0.1) is 0 Å². The van der Waals surface area contributed by atoms with Crippen molar-refractivity contribution >= 4 is 11.9 Å². The minimum Gasteiger partial charge on any atom is -0.467 e. The van der Waals surface area contributed by atoms with E-state index in [1.807, 2.05) is 0 Å². The third-order valence-corrected chi connectivity index (χ3v) is 5.01. The molecule has 0 unspecified atom stereocenters. The summed E-state index contributed by atoms with van der Waals surface area (Å²) in [4.78, 5) is 25.6. The molecule has 2 atom stereocenters. The molecule has 1 aliphatic heterocycles. The lowest BCUT2D eigenvalue weighted by atomic mass is 10.0.